The zero-order valence-electron chi connectivity index (χ0n) is 14.8. The second-order valence-corrected chi connectivity index (χ2v) is 6.44. The molecular weight excluding hydrogens is 292 g/mol. The minimum atomic E-state index is -0.112. The van der Waals surface area contributed by atoms with Crippen molar-refractivity contribution in [2.75, 3.05) is 13.1 Å². The van der Waals surface area contributed by atoms with Gasteiger partial charge in [-0.2, -0.15) is 0 Å². The fourth-order valence-electron chi connectivity index (χ4n) is 2.90. The maximum atomic E-state index is 12.6. The van der Waals surface area contributed by atoms with Crippen molar-refractivity contribution < 1.29 is 9.32 Å². The van der Waals surface area contributed by atoms with Crippen LogP contribution in [0.3, 0.4) is 0 Å². The number of carbonyl (C=O) groups excluding carboxylic acids is 1. The summed E-state index contributed by atoms with van der Waals surface area (Å²) in [5.74, 6) is -0.112. The lowest BCUT2D eigenvalue weighted by Crippen LogP contribution is -2.42. The van der Waals surface area contributed by atoms with E-state index in [1.165, 1.54) is 0 Å². The number of carbonyl (C=O) groups is 1. The molecule has 0 fully saturated rings. The Morgan fingerprint density at radius 2 is 1.91 bits per heavy atom. The van der Waals surface area contributed by atoms with E-state index >= 15 is 0 Å². The molecule has 6 nitrogen and oxygen atoms in total. The summed E-state index contributed by atoms with van der Waals surface area (Å²) in [6.07, 6.45) is 0. The van der Waals surface area contributed by atoms with Gasteiger partial charge in [-0.1, -0.05) is 5.16 Å². The van der Waals surface area contributed by atoms with Gasteiger partial charge in [0, 0.05) is 30.9 Å². The second kappa shape index (κ2) is 7.08. The van der Waals surface area contributed by atoms with Crippen molar-refractivity contribution in [3.8, 4) is 0 Å². The predicted octanol–water partition coefficient (Wildman–Crippen LogP) is 2.69. The van der Waals surface area contributed by atoms with Crippen LogP contribution in [-0.2, 0) is 0 Å². The molecule has 0 aliphatic carbocycles. The molecule has 0 saturated heterocycles. The van der Waals surface area contributed by atoms with E-state index in [0.29, 0.717) is 41.0 Å². The maximum Gasteiger partial charge on any atom is 0.258 e. The third-order valence-electron chi connectivity index (χ3n) is 3.97. The van der Waals surface area contributed by atoms with Gasteiger partial charge in [-0.05, 0) is 47.6 Å². The van der Waals surface area contributed by atoms with Gasteiger partial charge in [-0.25, -0.2) is 4.98 Å². The number of fused-ring (bicyclic) bond motifs is 1. The molecule has 0 saturated carbocycles. The minimum Gasteiger partial charge on any atom is -0.351 e. The number of rotatable bonds is 6. The van der Waals surface area contributed by atoms with Crippen molar-refractivity contribution in [2.45, 2.75) is 53.6 Å². The standard InChI is InChI=1S/C17H26N4O2/c1-10(2)21(11(3)4)8-7-18-16(22)14-9-12(5)19-17-15(14)13(6)20-23-17/h9-11H,7-8H2,1-6H3,(H,18,22). The molecule has 2 heterocycles. The summed E-state index contributed by atoms with van der Waals surface area (Å²) < 4.78 is 5.18. The average Bonchev–Trinajstić information content (AvgIpc) is 2.82. The summed E-state index contributed by atoms with van der Waals surface area (Å²) in [6, 6.07) is 2.68. The van der Waals surface area contributed by atoms with Crippen molar-refractivity contribution >= 4 is 17.0 Å². The molecule has 2 aromatic rings. The van der Waals surface area contributed by atoms with Crippen LogP contribution in [0.1, 0.15) is 49.4 Å². The van der Waals surface area contributed by atoms with E-state index in [0.717, 1.165) is 12.2 Å². The lowest BCUT2D eigenvalue weighted by Gasteiger charge is -2.30. The van der Waals surface area contributed by atoms with Crippen LogP contribution >= 0.6 is 0 Å². The van der Waals surface area contributed by atoms with E-state index in [4.69, 9.17) is 4.52 Å². The molecule has 2 aromatic heterocycles. The highest BCUT2D eigenvalue weighted by molar-refractivity contribution is 6.06. The number of aromatic nitrogens is 2. The molecule has 0 bridgehead atoms. The van der Waals surface area contributed by atoms with E-state index in [2.05, 4.69) is 48.1 Å². The Morgan fingerprint density at radius 1 is 1.26 bits per heavy atom. The van der Waals surface area contributed by atoms with Gasteiger partial charge in [0.05, 0.1) is 16.6 Å². The molecule has 0 spiro atoms. The van der Waals surface area contributed by atoms with Gasteiger partial charge in [-0.15, -0.1) is 0 Å². The van der Waals surface area contributed by atoms with E-state index < -0.39 is 0 Å². The van der Waals surface area contributed by atoms with E-state index in [1.54, 1.807) is 6.07 Å². The van der Waals surface area contributed by atoms with Crippen molar-refractivity contribution in [1.82, 2.24) is 20.4 Å². The highest BCUT2D eigenvalue weighted by atomic mass is 16.5. The molecule has 1 N–H and O–H groups in total. The number of nitrogens with zero attached hydrogens (tertiary/aromatic N) is 3. The summed E-state index contributed by atoms with van der Waals surface area (Å²) in [5.41, 5.74) is 2.42. The molecule has 1 amide bonds. The normalized spacial score (nSPS) is 11.9. The molecule has 0 atom stereocenters. The smallest absolute Gasteiger partial charge is 0.258 e. The first-order valence-electron chi connectivity index (χ1n) is 8.08. The van der Waals surface area contributed by atoms with Crippen molar-refractivity contribution in [3.63, 3.8) is 0 Å². The summed E-state index contributed by atoms with van der Waals surface area (Å²) in [7, 11) is 0. The van der Waals surface area contributed by atoms with Crippen LogP contribution in [-0.4, -0.2) is 46.1 Å². The summed E-state index contributed by atoms with van der Waals surface area (Å²) >= 11 is 0. The molecule has 0 aliphatic rings. The second-order valence-electron chi connectivity index (χ2n) is 6.44. The third-order valence-corrected chi connectivity index (χ3v) is 3.97. The first kappa shape index (κ1) is 17.4. The number of amides is 1. The fraction of sp³-hybridized carbons (Fsp3) is 0.588. The van der Waals surface area contributed by atoms with Crippen LogP contribution in [0.25, 0.3) is 11.1 Å². The number of hydrogen-bond acceptors (Lipinski definition) is 5. The third kappa shape index (κ3) is 3.88. The molecule has 2 rings (SSSR count). The maximum absolute atomic E-state index is 12.6. The van der Waals surface area contributed by atoms with Crippen LogP contribution in [0, 0.1) is 13.8 Å². The van der Waals surface area contributed by atoms with Gasteiger partial charge in [-0.3, -0.25) is 9.69 Å². The van der Waals surface area contributed by atoms with Gasteiger partial charge >= 0.3 is 0 Å². The first-order valence-corrected chi connectivity index (χ1v) is 8.08. The first-order chi connectivity index (χ1) is 10.8. The molecule has 126 valence electrons. The van der Waals surface area contributed by atoms with Gasteiger partial charge in [0.1, 0.15) is 0 Å². The Morgan fingerprint density at radius 3 is 2.52 bits per heavy atom. The molecule has 23 heavy (non-hydrogen) atoms. The fourth-order valence-corrected chi connectivity index (χ4v) is 2.90. The molecule has 0 radical (unpaired) electrons. The van der Waals surface area contributed by atoms with E-state index in [-0.39, 0.29) is 5.91 Å². The topological polar surface area (TPSA) is 71.3 Å². The Balaban J connectivity index is 2.11. The average molecular weight is 318 g/mol. The number of pyridine rings is 1. The van der Waals surface area contributed by atoms with Crippen molar-refractivity contribution in [1.29, 1.82) is 0 Å². The molecule has 0 aromatic carbocycles. The van der Waals surface area contributed by atoms with Gasteiger partial charge in [0.15, 0.2) is 0 Å². The molecular formula is C17H26N4O2. The zero-order valence-corrected chi connectivity index (χ0v) is 14.8. The SMILES string of the molecule is Cc1cc(C(=O)NCCN(C(C)C)C(C)C)c2c(C)noc2n1. The van der Waals surface area contributed by atoms with E-state index in [9.17, 15) is 4.79 Å². The summed E-state index contributed by atoms with van der Waals surface area (Å²) in [4.78, 5) is 19.2. The minimum absolute atomic E-state index is 0.112. The largest absolute Gasteiger partial charge is 0.351 e. The van der Waals surface area contributed by atoms with Crippen LogP contribution < -0.4 is 5.32 Å². The van der Waals surface area contributed by atoms with Gasteiger partial charge in [0.2, 0.25) is 0 Å². The predicted molar refractivity (Wildman–Crippen MR) is 90.6 cm³/mol. The summed E-state index contributed by atoms with van der Waals surface area (Å²) in [6.45, 7) is 13.7. The van der Waals surface area contributed by atoms with Crippen LogP contribution in [0.4, 0.5) is 0 Å². The quantitative estimate of drug-likeness (QED) is 0.886. The Labute approximate surface area is 137 Å². The van der Waals surface area contributed by atoms with Crippen molar-refractivity contribution in [3.05, 3.63) is 23.0 Å². The number of nitrogens with one attached hydrogen (secondary N) is 1. The number of aryl methyl sites for hydroxylation is 2. The molecule has 0 unspecified atom stereocenters. The zero-order chi connectivity index (χ0) is 17.1. The van der Waals surface area contributed by atoms with Gasteiger partial charge in [0.25, 0.3) is 11.6 Å². The summed E-state index contributed by atoms with van der Waals surface area (Å²) in [5, 5.41) is 7.60. The molecule has 6 heteroatoms. The van der Waals surface area contributed by atoms with Crippen LogP contribution in [0.2, 0.25) is 0 Å². The lowest BCUT2D eigenvalue weighted by molar-refractivity contribution is 0.0941. The molecule has 0 aliphatic heterocycles. The highest BCUT2D eigenvalue weighted by Gasteiger charge is 2.18. The lowest BCUT2D eigenvalue weighted by atomic mass is 10.1. The number of hydrogen-bond donors (Lipinski definition) is 1. The van der Waals surface area contributed by atoms with Crippen LogP contribution in [0.15, 0.2) is 10.6 Å². The highest BCUT2D eigenvalue weighted by Crippen LogP contribution is 2.21. The van der Waals surface area contributed by atoms with E-state index in [1.807, 2.05) is 13.8 Å². The van der Waals surface area contributed by atoms with Crippen molar-refractivity contribution in [2.24, 2.45) is 0 Å². The van der Waals surface area contributed by atoms with Gasteiger partial charge < -0.3 is 9.84 Å². The Hall–Kier alpha value is -1.95. The van der Waals surface area contributed by atoms with Crippen LogP contribution in [0.5, 0.6) is 0 Å². The Bertz CT molecular complexity index is 683. The monoisotopic (exact) mass is 318 g/mol. The Kier molecular flexibility index (Phi) is 5.36.